The fraction of sp³-hybridized carbons (Fsp3) is 0.333. The van der Waals surface area contributed by atoms with Crippen LogP contribution in [0, 0.1) is 11.8 Å². The molecule has 3 aliphatic heterocycles. The minimum absolute atomic E-state index is 0.0485. The van der Waals surface area contributed by atoms with Crippen molar-refractivity contribution in [2.45, 2.75) is 24.7 Å². The van der Waals surface area contributed by atoms with E-state index in [9.17, 15) is 9.59 Å². The third-order valence-electron chi connectivity index (χ3n) is 6.23. The van der Waals surface area contributed by atoms with Crippen molar-refractivity contribution < 1.29 is 19.1 Å². The molecular formula is C24H23NO4. The fourth-order valence-electron chi connectivity index (χ4n) is 5.08. The van der Waals surface area contributed by atoms with Crippen LogP contribution >= 0.6 is 0 Å². The van der Waals surface area contributed by atoms with Crippen molar-refractivity contribution in [2.24, 2.45) is 11.8 Å². The second kappa shape index (κ2) is 6.85. The zero-order valence-corrected chi connectivity index (χ0v) is 16.2. The molecule has 0 N–H and O–H groups in total. The number of likely N-dealkylation sites (tertiary alicyclic amines) is 1. The Kier molecular flexibility index (Phi) is 4.28. The maximum Gasteiger partial charge on any atom is 0.312 e. The van der Waals surface area contributed by atoms with Gasteiger partial charge in [-0.1, -0.05) is 72.8 Å². The van der Waals surface area contributed by atoms with Gasteiger partial charge in [0.2, 0.25) is 5.91 Å². The van der Waals surface area contributed by atoms with Gasteiger partial charge in [0.1, 0.15) is 11.5 Å². The van der Waals surface area contributed by atoms with Gasteiger partial charge < -0.3 is 14.4 Å². The van der Waals surface area contributed by atoms with Crippen LogP contribution in [0.2, 0.25) is 0 Å². The molecule has 2 aromatic rings. The molecule has 1 amide bonds. The standard InChI is InChI=1S/C24H23NO4/c1-2-28-23(27)19-18-13-14-24(29-18)15-25(22(26)20(19)24)21(16-9-5-3-6-10-16)17-11-7-4-8-12-17/h3-14,18-21H,2,15H2,1H3/t18-,19-,20-,24+/m1/s1. The summed E-state index contributed by atoms with van der Waals surface area (Å²) in [5.41, 5.74) is 1.32. The van der Waals surface area contributed by atoms with E-state index in [1.165, 1.54) is 0 Å². The normalized spacial score (nSPS) is 29.5. The second-order valence-corrected chi connectivity index (χ2v) is 7.84. The highest BCUT2D eigenvalue weighted by Gasteiger charge is 2.68. The van der Waals surface area contributed by atoms with Crippen molar-refractivity contribution in [3.05, 3.63) is 83.9 Å². The first kappa shape index (κ1) is 18.1. The Labute approximate surface area is 169 Å². The molecule has 0 saturated carbocycles. The number of ether oxygens (including phenoxy) is 2. The van der Waals surface area contributed by atoms with E-state index in [2.05, 4.69) is 0 Å². The number of esters is 1. The summed E-state index contributed by atoms with van der Waals surface area (Å²) in [6, 6.07) is 19.8. The lowest BCUT2D eigenvalue weighted by molar-refractivity contribution is -0.153. The number of carbonyl (C=O) groups excluding carboxylic acids is 2. The Hall–Kier alpha value is -2.92. The Morgan fingerprint density at radius 1 is 1.14 bits per heavy atom. The van der Waals surface area contributed by atoms with Crippen LogP contribution in [0.25, 0.3) is 0 Å². The van der Waals surface area contributed by atoms with Crippen molar-refractivity contribution in [1.82, 2.24) is 4.90 Å². The first-order valence-corrected chi connectivity index (χ1v) is 10.1. The number of hydrogen-bond donors (Lipinski definition) is 0. The summed E-state index contributed by atoms with van der Waals surface area (Å²) in [6.45, 7) is 2.50. The largest absolute Gasteiger partial charge is 0.466 e. The van der Waals surface area contributed by atoms with Gasteiger partial charge >= 0.3 is 5.97 Å². The van der Waals surface area contributed by atoms with E-state index in [1.54, 1.807) is 6.92 Å². The third-order valence-corrected chi connectivity index (χ3v) is 6.23. The first-order chi connectivity index (χ1) is 14.1. The number of rotatable bonds is 5. The van der Waals surface area contributed by atoms with Crippen LogP contribution in [0.3, 0.4) is 0 Å². The minimum Gasteiger partial charge on any atom is -0.466 e. The summed E-state index contributed by atoms with van der Waals surface area (Å²) in [7, 11) is 0. The van der Waals surface area contributed by atoms with E-state index in [4.69, 9.17) is 9.47 Å². The van der Waals surface area contributed by atoms with E-state index in [0.29, 0.717) is 13.2 Å². The molecule has 0 aliphatic carbocycles. The van der Waals surface area contributed by atoms with Gasteiger partial charge in [0, 0.05) is 0 Å². The average molecular weight is 389 g/mol. The van der Waals surface area contributed by atoms with Gasteiger partial charge in [-0.2, -0.15) is 0 Å². The molecule has 2 aromatic carbocycles. The smallest absolute Gasteiger partial charge is 0.312 e. The predicted molar refractivity (Wildman–Crippen MR) is 107 cm³/mol. The van der Waals surface area contributed by atoms with E-state index in [0.717, 1.165) is 11.1 Å². The molecule has 5 nitrogen and oxygen atoms in total. The van der Waals surface area contributed by atoms with Crippen LogP contribution < -0.4 is 0 Å². The van der Waals surface area contributed by atoms with Crippen LogP contribution in [-0.4, -0.2) is 41.6 Å². The molecule has 29 heavy (non-hydrogen) atoms. The monoisotopic (exact) mass is 389 g/mol. The van der Waals surface area contributed by atoms with Crippen molar-refractivity contribution in [3.8, 4) is 0 Å². The maximum absolute atomic E-state index is 13.7. The molecule has 0 radical (unpaired) electrons. The number of amides is 1. The number of nitrogens with zero attached hydrogens (tertiary/aromatic N) is 1. The Morgan fingerprint density at radius 2 is 1.76 bits per heavy atom. The van der Waals surface area contributed by atoms with Gasteiger partial charge in [0.05, 0.1) is 31.2 Å². The molecular weight excluding hydrogens is 366 g/mol. The number of fused-ring (bicyclic) bond motifs is 1. The SMILES string of the molecule is CCOC(=O)[C@@H]1[C@H]2C=C[C@@]3(CN(C(c4ccccc4)c4ccccc4)C(=O)[C@@H]13)O2. The Bertz CT molecular complexity index is 918. The van der Waals surface area contributed by atoms with E-state index in [-0.39, 0.29) is 24.0 Å². The summed E-state index contributed by atoms with van der Waals surface area (Å²) in [5, 5.41) is 0. The van der Waals surface area contributed by atoms with Gasteiger partial charge in [-0.05, 0) is 18.1 Å². The first-order valence-electron chi connectivity index (χ1n) is 10.1. The molecule has 3 heterocycles. The predicted octanol–water partition coefficient (Wildman–Crippen LogP) is 3.12. The number of carbonyl (C=O) groups is 2. The van der Waals surface area contributed by atoms with Crippen LogP contribution in [0.4, 0.5) is 0 Å². The summed E-state index contributed by atoms with van der Waals surface area (Å²) in [6.07, 6.45) is 3.51. The Morgan fingerprint density at radius 3 is 2.34 bits per heavy atom. The molecule has 4 atom stereocenters. The molecule has 2 saturated heterocycles. The Balaban J connectivity index is 1.55. The molecule has 1 spiro atoms. The molecule has 5 rings (SSSR count). The van der Waals surface area contributed by atoms with Crippen LogP contribution in [0.15, 0.2) is 72.8 Å². The van der Waals surface area contributed by atoms with Crippen LogP contribution in [0.5, 0.6) is 0 Å². The summed E-state index contributed by atoms with van der Waals surface area (Å²) < 4.78 is 11.5. The third kappa shape index (κ3) is 2.72. The topological polar surface area (TPSA) is 55.8 Å². The van der Waals surface area contributed by atoms with E-state index in [1.807, 2.05) is 77.7 Å². The second-order valence-electron chi connectivity index (χ2n) is 7.84. The van der Waals surface area contributed by atoms with Crippen molar-refractivity contribution in [3.63, 3.8) is 0 Å². The molecule has 0 unspecified atom stereocenters. The summed E-state index contributed by atoms with van der Waals surface area (Å²) >= 11 is 0. The van der Waals surface area contributed by atoms with Crippen LogP contribution in [-0.2, 0) is 19.1 Å². The van der Waals surface area contributed by atoms with E-state index >= 15 is 0 Å². The lowest BCUT2D eigenvalue weighted by Gasteiger charge is -2.31. The van der Waals surface area contributed by atoms with Crippen molar-refractivity contribution >= 4 is 11.9 Å². The van der Waals surface area contributed by atoms with Crippen molar-refractivity contribution in [1.29, 1.82) is 0 Å². The minimum atomic E-state index is -0.749. The number of benzene rings is 2. The highest BCUT2D eigenvalue weighted by Crippen LogP contribution is 2.54. The van der Waals surface area contributed by atoms with Gasteiger partial charge in [-0.15, -0.1) is 0 Å². The zero-order valence-electron chi connectivity index (χ0n) is 16.2. The highest BCUT2D eigenvalue weighted by atomic mass is 16.6. The number of hydrogen-bond acceptors (Lipinski definition) is 4. The molecule has 3 aliphatic rings. The fourth-order valence-corrected chi connectivity index (χ4v) is 5.08. The van der Waals surface area contributed by atoms with Gasteiger partial charge in [-0.3, -0.25) is 9.59 Å². The maximum atomic E-state index is 13.7. The van der Waals surface area contributed by atoms with Gasteiger partial charge in [0.15, 0.2) is 0 Å². The molecule has 2 bridgehead atoms. The highest BCUT2D eigenvalue weighted by molar-refractivity contribution is 5.91. The summed E-state index contributed by atoms with van der Waals surface area (Å²) in [5.74, 6) is -1.51. The van der Waals surface area contributed by atoms with Crippen LogP contribution in [0.1, 0.15) is 24.1 Å². The molecule has 148 valence electrons. The molecule has 0 aromatic heterocycles. The van der Waals surface area contributed by atoms with Crippen molar-refractivity contribution in [2.75, 3.05) is 13.2 Å². The lowest BCUT2D eigenvalue weighted by atomic mass is 9.77. The molecule has 2 fully saturated rings. The van der Waals surface area contributed by atoms with E-state index < -0.39 is 17.4 Å². The zero-order chi connectivity index (χ0) is 20.0. The summed E-state index contributed by atoms with van der Waals surface area (Å²) in [4.78, 5) is 28.2. The molecule has 5 heteroatoms. The van der Waals surface area contributed by atoms with Gasteiger partial charge in [0.25, 0.3) is 0 Å². The average Bonchev–Trinajstić information content (AvgIpc) is 3.39. The lowest BCUT2D eigenvalue weighted by Crippen LogP contribution is -2.40. The quantitative estimate of drug-likeness (QED) is 0.582. The van der Waals surface area contributed by atoms with Gasteiger partial charge in [-0.25, -0.2) is 0 Å².